The van der Waals surface area contributed by atoms with E-state index in [0.29, 0.717) is 16.8 Å². The molecular weight excluding hydrogens is 551 g/mol. The number of anilines is 1. The fourth-order valence-electron chi connectivity index (χ4n) is 3.76. The second-order valence-corrected chi connectivity index (χ2v) is 9.88. The highest BCUT2D eigenvalue weighted by atomic mass is 79.9. The largest absolute Gasteiger partial charge is 0.507 e. The maximum absolute atomic E-state index is 14.3. The van der Waals surface area contributed by atoms with Crippen LogP contribution in [0.15, 0.2) is 65.2 Å². The van der Waals surface area contributed by atoms with E-state index >= 15 is 0 Å². The van der Waals surface area contributed by atoms with Gasteiger partial charge in [0, 0.05) is 10.0 Å². The first-order valence-electron chi connectivity index (χ1n) is 10.7. The maximum Gasteiger partial charge on any atom is 0.350 e. The van der Waals surface area contributed by atoms with Crippen LogP contribution in [0.2, 0.25) is 0 Å². The fourth-order valence-corrected chi connectivity index (χ4v) is 5.01. The standard InChI is InChI=1S/C26H20BrFN2O5S/c1-4-11-35-25(34)23-14(3)29-26(36-23)30-20(15-7-9-17(27)10-8-15)19(22(32)24(30)33)21(31)16-6-5-13(2)18(28)12-16/h4-10,12,20,31H,1,11H2,2-3H3/t20-/m0/s1. The van der Waals surface area contributed by atoms with Crippen LogP contribution in [0.25, 0.3) is 5.76 Å². The first kappa shape index (κ1) is 25.5. The number of thiazole rings is 1. The molecule has 1 aliphatic heterocycles. The number of halogens is 2. The Bertz CT molecular complexity index is 1430. The normalized spacial score (nSPS) is 16.9. The average Bonchev–Trinajstić information content (AvgIpc) is 3.36. The van der Waals surface area contributed by atoms with Crippen LogP contribution in [0.4, 0.5) is 9.52 Å². The monoisotopic (exact) mass is 570 g/mol. The van der Waals surface area contributed by atoms with Crippen molar-refractivity contribution in [3.8, 4) is 0 Å². The van der Waals surface area contributed by atoms with Gasteiger partial charge in [-0.25, -0.2) is 14.2 Å². The van der Waals surface area contributed by atoms with Crippen LogP contribution in [0.3, 0.4) is 0 Å². The summed E-state index contributed by atoms with van der Waals surface area (Å²) in [5.41, 5.74) is 1.04. The number of aliphatic hydroxyl groups is 1. The number of rotatable bonds is 6. The van der Waals surface area contributed by atoms with E-state index in [9.17, 15) is 23.9 Å². The first-order valence-corrected chi connectivity index (χ1v) is 12.3. The molecule has 0 unspecified atom stereocenters. The molecule has 36 heavy (non-hydrogen) atoms. The number of ether oxygens (including phenoxy) is 1. The molecule has 0 saturated carbocycles. The molecule has 184 valence electrons. The van der Waals surface area contributed by atoms with Crippen LogP contribution < -0.4 is 4.90 Å². The fraction of sp³-hybridized carbons (Fsp3) is 0.154. The number of aryl methyl sites for hydroxylation is 2. The lowest BCUT2D eigenvalue weighted by Crippen LogP contribution is -2.29. The Morgan fingerprint density at radius 1 is 1.25 bits per heavy atom. The molecule has 1 aromatic heterocycles. The summed E-state index contributed by atoms with van der Waals surface area (Å²) >= 11 is 4.26. The predicted molar refractivity (Wildman–Crippen MR) is 137 cm³/mol. The number of amides is 1. The highest BCUT2D eigenvalue weighted by Gasteiger charge is 2.48. The van der Waals surface area contributed by atoms with Gasteiger partial charge in [0.1, 0.15) is 23.1 Å². The van der Waals surface area contributed by atoms with Crippen molar-refractivity contribution in [2.45, 2.75) is 19.9 Å². The molecule has 7 nitrogen and oxygen atoms in total. The molecule has 1 aliphatic rings. The minimum absolute atomic E-state index is 0.00201. The molecule has 0 spiro atoms. The highest BCUT2D eigenvalue weighted by Crippen LogP contribution is 2.44. The van der Waals surface area contributed by atoms with Gasteiger partial charge in [-0.1, -0.05) is 64.2 Å². The number of nitrogens with zero attached hydrogens (tertiary/aromatic N) is 2. The van der Waals surface area contributed by atoms with Gasteiger partial charge in [-0.05, 0) is 43.2 Å². The molecule has 1 saturated heterocycles. The van der Waals surface area contributed by atoms with Crippen LogP contribution in [0.5, 0.6) is 0 Å². The number of benzene rings is 2. The average molecular weight is 571 g/mol. The van der Waals surface area contributed by atoms with Crippen LogP contribution in [0.1, 0.15) is 38.1 Å². The van der Waals surface area contributed by atoms with Crippen molar-refractivity contribution < 1.29 is 28.6 Å². The Morgan fingerprint density at radius 2 is 1.94 bits per heavy atom. The molecule has 0 bridgehead atoms. The Labute approximate surface area is 218 Å². The summed E-state index contributed by atoms with van der Waals surface area (Å²) in [6.07, 6.45) is 1.43. The number of carbonyl (C=O) groups is 3. The lowest BCUT2D eigenvalue weighted by molar-refractivity contribution is -0.132. The zero-order valence-electron chi connectivity index (χ0n) is 19.2. The first-order chi connectivity index (χ1) is 17.1. The summed E-state index contributed by atoms with van der Waals surface area (Å²) < 4.78 is 20.1. The van der Waals surface area contributed by atoms with Crippen molar-refractivity contribution in [1.82, 2.24) is 4.98 Å². The van der Waals surface area contributed by atoms with Gasteiger partial charge in [0.05, 0.1) is 17.3 Å². The summed E-state index contributed by atoms with van der Waals surface area (Å²) in [7, 11) is 0. The van der Waals surface area contributed by atoms with Crippen LogP contribution in [-0.2, 0) is 14.3 Å². The number of hydrogen-bond donors (Lipinski definition) is 1. The van der Waals surface area contributed by atoms with Gasteiger partial charge in [0.2, 0.25) is 0 Å². The summed E-state index contributed by atoms with van der Waals surface area (Å²) in [6.45, 7) is 6.67. The van der Waals surface area contributed by atoms with Gasteiger partial charge in [0.25, 0.3) is 5.78 Å². The van der Waals surface area contributed by atoms with Crippen LogP contribution >= 0.6 is 27.3 Å². The van der Waals surface area contributed by atoms with E-state index in [1.807, 2.05) is 0 Å². The lowest BCUT2D eigenvalue weighted by atomic mass is 9.95. The topological polar surface area (TPSA) is 96.8 Å². The third kappa shape index (κ3) is 4.61. The quantitative estimate of drug-likeness (QED) is 0.136. The molecule has 4 rings (SSSR count). The minimum atomic E-state index is -1.06. The van der Waals surface area contributed by atoms with E-state index in [-0.39, 0.29) is 27.8 Å². The highest BCUT2D eigenvalue weighted by molar-refractivity contribution is 9.10. The maximum atomic E-state index is 14.3. The summed E-state index contributed by atoms with van der Waals surface area (Å²) in [6, 6.07) is 9.83. The molecule has 2 heterocycles. The van der Waals surface area contributed by atoms with Gasteiger partial charge < -0.3 is 9.84 Å². The van der Waals surface area contributed by atoms with Crippen molar-refractivity contribution in [3.63, 3.8) is 0 Å². The number of aliphatic hydroxyl groups excluding tert-OH is 1. The van der Waals surface area contributed by atoms with Crippen molar-refractivity contribution >= 4 is 55.8 Å². The number of hydrogen-bond acceptors (Lipinski definition) is 7. The van der Waals surface area contributed by atoms with E-state index in [1.165, 1.54) is 18.2 Å². The Morgan fingerprint density at radius 3 is 2.58 bits per heavy atom. The predicted octanol–water partition coefficient (Wildman–Crippen LogP) is 5.63. The van der Waals surface area contributed by atoms with Crippen molar-refractivity contribution in [2.75, 3.05) is 11.5 Å². The molecule has 1 atom stereocenters. The van der Waals surface area contributed by atoms with E-state index < -0.39 is 35.3 Å². The summed E-state index contributed by atoms with van der Waals surface area (Å²) in [5, 5.41) is 11.2. The molecule has 3 aromatic rings. The molecule has 10 heteroatoms. The zero-order chi connectivity index (χ0) is 26.1. The number of Topliss-reactive ketones (excluding diaryl/α,β-unsaturated/α-hetero) is 1. The Balaban J connectivity index is 1.89. The number of carbonyl (C=O) groups excluding carboxylic acids is 3. The number of aromatic nitrogens is 1. The van der Waals surface area contributed by atoms with Gasteiger partial charge in [-0.2, -0.15) is 0 Å². The SMILES string of the molecule is C=CCOC(=O)c1sc(N2C(=O)C(=O)C(=C(O)c3ccc(C)c(F)c3)[C@@H]2c2ccc(Br)cc2)nc1C. The zero-order valence-corrected chi connectivity index (χ0v) is 21.7. The molecule has 1 amide bonds. The van der Waals surface area contributed by atoms with Crippen LogP contribution in [-0.4, -0.2) is 34.4 Å². The molecule has 1 fully saturated rings. The Kier molecular flexibility index (Phi) is 7.18. The summed E-state index contributed by atoms with van der Waals surface area (Å²) in [5.74, 6) is -3.60. The van der Waals surface area contributed by atoms with Gasteiger partial charge in [-0.3, -0.25) is 14.5 Å². The molecule has 2 aromatic carbocycles. The smallest absolute Gasteiger partial charge is 0.350 e. The van der Waals surface area contributed by atoms with Gasteiger partial charge in [-0.15, -0.1) is 0 Å². The molecular formula is C26H20BrFN2O5S. The second kappa shape index (κ2) is 10.2. The Hall–Kier alpha value is -3.63. The van der Waals surface area contributed by atoms with Crippen molar-refractivity contribution in [1.29, 1.82) is 0 Å². The van der Waals surface area contributed by atoms with Gasteiger partial charge in [0.15, 0.2) is 5.13 Å². The molecule has 0 aliphatic carbocycles. The van der Waals surface area contributed by atoms with E-state index in [4.69, 9.17) is 4.74 Å². The van der Waals surface area contributed by atoms with Crippen LogP contribution in [0, 0.1) is 19.7 Å². The number of esters is 1. The molecule has 0 radical (unpaired) electrons. The third-order valence-corrected chi connectivity index (χ3v) is 7.25. The third-order valence-electron chi connectivity index (χ3n) is 5.58. The molecule has 1 N–H and O–H groups in total. The number of ketones is 1. The van der Waals surface area contributed by atoms with E-state index in [2.05, 4.69) is 27.5 Å². The lowest BCUT2D eigenvalue weighted by Gasteiger charge is -2.23. The van der Waals surface area contributed by atoms with Gasteiger partial charge >= 0.3 is 11.9 Å². The second-order valence-electron chi connectivity index (χ2n) is 7.98. The van der Waals surface area contributed by atoms with Crippen molar-refractivity contribution in [2.24, 2.45) is 0 Å². The van der Waals surface area contributed by atoms with E-state index in [1.54, 1.807) is 38.1 Å². The van der Waals surface area contributed by atoms with E-state index in [0.717, 1.165) is 26.8 Å². The minimum Gasteiger partial charge on any atom is -0.507 e. The van der Waals surface area contributed by atoms with Crippen molar-refractivity contribution in [3.05, 3.63) is 98.2 Å². The summed E-state index contributed by atoms with van der Waals surface area (Å²) in [4.78, 5) is 44.6.